The van der Waals surface area contributed by atoms with Gasteiger partial charge in [0.25, 0.3) is 5.91 Å². The molecule has 1 atom stereocenters. The zero-order valence-electron chi connectivity index (χ0n) is 16.1. The Kier molecular flexibility index (Phi) is 4.55. The summed E-state index contributed by atoms with van der Waals surface area (Å²) in [5, 5.41) is 3.53. The molecule has 2 aromatic carbocycles. The van der Waals surface area contributed by atoms with E-state index in [1.165, 1.54) is 0 Å². The van der Waals surface area contributed by atoms with Gasteiger partial charge in [0, 0.05) is 18.1 Å². The number of nitrogens with one attached hydrogen (secondary N) is 1. The van der Waals surface area contributed by atoms with Crippen molar-refractivity contribution in [3.63, 3.8) is 0 Å². The fourth-order valence-corrected chi connectivity index (χ4v) is 3.80. The van der Waals surface area contributed by atoms with Crippen molar-refractivity contribution in [2.45, 2.75) is 25.9 Å². The Hall–Kier alpha value is -3.28. The molecule has 1 aliphatic heterocycles. The van der Waals surface area contributed by atoms with Crippen LogP contribution in [0.15, 0.2) is 47.4 Å². The first-order valence-corrected chi connectivity index (χ1v) is 9.21. The highest BCUT2D eigenvalue weighted by Gasteiger charge is 2.21. The number of pyridine rings is 1. The average molecular weight is 378 g/mol. The van der Waals surface area contributed by atoms with Gasteiger partial charge in [0.05, 0.1) is 25.8 Å². The Morgan fingerprint density at radius 1 is 1.14 bits per heavy atom. The number of nitrogens with zero attached hydrogens (tertiary/aromatic N) is 1. The second-order valence-corrected chi connectivity index (χ2v) is 6.94. The SMILES string of the molecule is COc1ccc([C@H](C)NC(=O)c2cn3c4c(cccc4c2=O)CC3)cc1OC. The van der Waals surface area contributed by atoms with Crippen LogP contribution in [0, 0.1) is 0 Å². The fourth-order valence-electron chi connectivity index (χ4n) is 3.80. The smallest absolute Gasteiger partial charge is 0.257 e. The molecule has 1 N–H and O–H groups in total. The molecule has 0 fully saturated rings. The molecule has 0 aliphatic carbocycles. The minimum atomic E-state index is -0.379. The maximum absolute atomic E-state index is 12.9. The molecule has 144 valence electrons. The normalized spacial score (nSPS) is 13.4. The molecule has 0 radical (unpaired) electrons. The molecule has 1 aromatic heterocycles. The van der Waals surface area contributed by atoms with Gasteiger partial charge in [-0.15, -0.1) is 0 Å². The topological polar surface area (TPSA) is 69.6 Å². The standard InChI is InChI=1S/C22H22N2O4/c1-13(15-7-8-18(27-2)19(11-15)28-3)23-22(26)17-12-24-10-9-14-5-4-6-16(20(14)24)21(17)25/h4-8,11-13H,9-10H2,1-3H3,(H,23,26)/t13-/m0/s1. The van der Waals surface area contributed by atoms with E-state index in [2.05, 4.69) is 5.32 Å². The van der Waals surface area contributed by atoms with E-state index >= 15 is 0 Å². The van der Waals surface area contributed by atoms with Crippen LogP contribution in [0.4, 0.5) is 0 Å². The molecule has 4 rings (SSSR count). The minimum Gasteiger partial charge on any atom is -0.493 e. The zero-order valence-corrected chi connectivity index (χ0v) is 16.1. The monoisotopic (exact) mass is 378 g/mol. The predicted octanol–water partition coefficient (Wildman–Crippen LogP) is 3.07. The molecule has 0 saturated carbocycles. The van der Waals surface area contributed by atoms with Gasteiger partial charge in [-0.05, 0) is 42.7 Å². The second-order valence-electron chi connectivity index (χ2n) is 6.94. The van der Waals surface area contributed by atoms with Crippen molar-refractivity contribution in [2.75, 3.05) is 14.2 Å². The number of hydrogen-bond acceptors (Lipinski definition) is 4. The summed E-state index contributed by atoms with van der Waals surface area (Å²) in [6.07, 6.45) is 2.56. The minimum absolute atomic E-state index is 0.166. The van der Waals surface area contributed by atoms with Gasteiger partial charge in [-0.3, -0.25) is 9.59 Å². The van der Waals surface area contributed by atoms with Crippen molar-refractivity contribution >= 4 is 16.8 Å². The van der Waals surface area contributed by atoms with Crippen LogP contribution in [0.5, 0.6) is 11.5 Å². The molecule has 6 nitrogen and oxygen atoms in total. The van der Waals surface area contributed by atoms with Gasteiger partial charge in [0.15, 0.2) is 11.5 Å². The summed E-state index contributed by atoms with van der Waals surface area (Å²) in [6.45, 7) is 2.65. The number of rotatable bonds is 5. The van der Waals surface area contributed by atoms with Crippen molar-refractivity contribution in [2.24, 2.45) is 0 Å². The van der Waals surface area contributed by atoms with E-state index < -0.39 is 0 Å². The molecule has 0 spiro atoms. The first-order valence-electron chi connectivity index (χ1n) is 9.21. The van der Waals surface area contributed by atoms with Gasteiger partial charge in [-0.25, -0.2) is 0 Å². The summed E-state index contributed by atoms with van der Waals surface area (Å²) < 4.78 is 12.6. The molecule has 6 heteroatoms. The summed E-state index contributed by atoms with van der Waals surface area (Å²) in [6, 6.07) is 10.9. The molecule has 0 bridgehead atoms. The van der Waals surface area contributed by atoms with Crippen LogP contribution in [-0.4, -0.2) is 24.7 Å². The number of aryl methyl sites for hydroxylation is 2. The number of para-hydroxylation sites is 1. The first-order chi connectivity index (χ1) is 13.5. The van der Waals surface area contributed by atoms with Crippen molar-refractivity contribution in [3.05, 3.63) is 69.5 Å². The highest BCUT2D eigenvalue weighted by atomic mass is 16.5. The van der Waals surface area contributed by atoms with Crippen LogP contribution >= 0.6 is 0 Å². The van der Waals surface area contributed by atoms with Gasteiger partial charge in [-0.2, -0.15) is 0 Å². The van der Waals surface area contributed by atoms with Crippen LogP contribution in [0.2, 0.25) is 0 Å². The molecular weight excluding hydrogens is 356 g/mol. The number of carbonyl (C=O) groups excluding carboxylic acids is 1. The Labute approximate surface area is 162 Å². The van der Waals surface area contributed by atoms with Crippen LogP contribution in [-0.2, 0) is 13.0 Å². The zero-order chi connectivity index (χ0) is 19.8. The van der Waals surface area contributed by atoms with Crippen LogP contribution in [0.1, 0.15) is 34.5 Å². The summed E-state index contributed by atoms with van der Waals surface area (Å²) in [4.78, 5) is 25.8. The molecule has 28 heavy (non-hydrogen) atoms. The lowest BCUT2D eigenvalue weighted by atomic mass is 10.1. The lowest BCUT2D eigenvalue weighted by Crippen LogP contribution is -2.31. The van der Waals surface area contributed by atoms with Crippen molar-refractivity contribution in [1.82, 2.24) is 9.88 Å². The highest BCUT2D eigenvalue weighted by Crippen LogP contribution is 2.30. The summed E-state index contributed by atoms with van der Waals surface area (Å²) >= 11 is 0. The van der Waals surface area contributed by atoms with Crippen LogP contribution in [0.3, 0.4) is 0 Å². The number of methoxy groups -OCH3 is 2. The number of carbonyl (C=O) groups is 1. The molecule has 1 amide bonds. The van der Waals surface area contributed by atoms with Gasteiger partial charge >= 0.3 is 0 Å². The predicted molar refractivity (Wildman–Crippen MR) is 107 cm³/mol. The van der Waals surface area contributed by atoms with Gasteiger partial charge in [0.1, 0.15) is 5.56 Å². The van der Waals surface area contributed by atoms with E-state index in [0.29, 0.717) is 16.9 Å². The van der Waals surface area contributed by atoms with Crippen molar-refractivity contribution in [1.29, 1.82) is 0 Å². The quantitative estimate of drug-likeness (QED) is 0.741. The fraction of sp³-hybridized carbons (Fsp3) is 0.273. The van der Waals surface area contributed by atoms with E-state index in [9.17, 15) is 9.59 Å². The third-order valence-corrected chi connectivity index (χ3v) is 5.30. The summed E-state index contributed by atoms with van der Waals surface area (Å²) in [7, 11) is 3.14. The van der Waals surface area contributed by atoms with Gasteiger partial charge < -0.3 is 19.4 Å². The van der Waals surface area contributed by atoms with Crippen molar-refractivity contribution in [3.8, 4) is 11.5 Å². The number of benzene rings is 2. The van der Waals surface area contributed by atoms with E-state index in [1.807, 2.05) is 35.8 Å². The molecule has 2 heterocycles. The molecule has 0 saturated heterocycles. The van der Waals surface area contributed by atoms with E-state index in [4.69, 9.17) is 9.47 Å². The molecule has 3 aromatic rings. The largest absolute Gasteiger partial charge is 0.493 e. The van der Waals surface area contributed by atoms with E-state index in [0.717, 1.165) is 29.6 Å². The number of hydrogen-bond donors (Lipinski definition) is 1. The lowest BCUT2D eigenvalue weighted by Gasteiger charge is -2.17. The Balaban J connectivity index is 1.65. The Morgan fingerprint density at radius 3 is 2.68 bits per heavy atom. The van der Waals surface area contributed by atoms with Gasteiger partial charge in [0.2, 0.25) is 5.43 Å². The molecule has 0 unspecified atom stereocenters. The van der Waals surface area contributed by atoms with Crippen molar-refractivity contribution < 1.29 is 14.3 Å². The molecular formula is C22H22N2O4. The van der Waals surface area contributed by atoms with Gasteiger partial charge in [-0.1, -0.05) is 18.2 Å². The molecule has 1 aliphatic rings. The second kappa shape index (κ2) is 7.03. The maximum Gasteiger partial charge on any atom is 0.257 e. The first kappa shape index (κ1) is 18.1. The van der Waals surface area contributed by atoms with E-state index in [1.54, 1.807) is 32.5 Å². The van der Waals surface area contributed by atoms with Crippen LogP contribution < -0.4 is 20.2 Å². The lowest BCUT2D eigenvalue weighted by molar-refractivity contribution is 0.0938. The third-order valence-electron chi connectivity index (χ3n) is 5.30. The van der Waals surface area contributed by atoms with Crippen LogP contribution in [0.25, 0.3) is 10.9 Å². The summed E-state index contributed by atoms with van der Waals surface area (Å²) in [5.74, 6) is 0.833. The maximum atomic E-state index is 12.9. The Morgan fingerprint density at radius 2 is 1.93 bits per heavy atom. The number of amides is 1. The third kappa shape index (κ3) is 2.91. The summed E-state index contributed by atoms with van der Waals surface area (Å²) in [5.41, 5.74) is 2.89. The number of ether oxygens (including phenoxy) is 2. The van der Waals surface area contributed by atoms with E-state index in [-0.39, 0.29) is 22.9 Å². The number of aromatic nitrogens is 1. The average Bonchev–Trinajstić information content (AvgIpc) is 3.13. The highest BCUT2D eigenvalue weighted by molar-refractivity contribution is 5.98. The Bertz CT molecular complexity index is 1130.